The first-order chi connectivity index (χ1) is 7.86. The third-order valence-electron chi connectivity index (χ3n) is 2.26. The van der Waals surface area contributed by atoms with Gasteiger partial charge >= 0.3 is 0 Å². The number of hydrogen-bond acceptors (Lipinski definition) is 5. The molecular weight excluding hydrogens is 204 g/mol. The molecule has 6 heteroatoms. The number of rotatable bonds is 1. The summed E-state index contributed by atoms with van der Waals surface area (Å²) < 4.78 is 1.75. The number of aromatic nitrogens is 5. The van der Waals surface area contributed by atoms with Gasteiger partial charge in [0, 0.05) is 18.5 Å². The third-order valence-corrected chi connectivity index (χ3v) is 2.26. The molecule has 6 nitrogen and oxygen atoms in total. The van der Waals surface area contributed by atoms with Gasteiger partial charge in [0.15, 0.2) is 11.5 Å². The Hall–Kier alpha value is -2.50. The molecule has 0 saturated heterocycles. The molecule has 0 aromatic carbocycles. The van der Waals surface area contributed by atoms with Crippen LogP contribution in [0.25, 0.3) is 17.2 Å². The van der Waals surface area contributed by atoms with E-state index in [4.69, 9.17) is 5.73 Å². The molecule has 3 aromatic rings. The minimum Gasteiger partial charge on any atom is -0.397 e. The fraction of sp³-hybridized carbons (Fsp3) is 0. The number of fused-ring (bicyclic) bond motifs is 1. The highest BCUT2D eigenvalue weighted by molar-refractivity contribution is 5.68. The van der Waals surface area contributed by atoms with E-state index in [-0.39, 0.29) is 0 Å². The molecule has 2 N–H and O–H groups in total. The zero-order valence-electron chi connectivity index (χ0n) is 8.28. The lowest BCUT2D eigenvalue weighted by Gasteiger charge is -2.01. The second-order valence-electron chi connectivity index (χ2n) is 3.27. The van der Waals surface area contributed by atoms with Gasteiger partial charge in [0.05, 0.1) is 5.69 Å². The Kier molecular flexibility index (Phi) is 1.79. The van der Waals surface area contributed by atoms with E-state index in [1.54, 1.807) is 41.3 Å². The van der Waals surface area contributed by atoms with Crippen molar-refractivity contribution >= 4 is 11.3 Å². The van der Waals surface area contributed by atoms with Crippen molar-refractivity contribution in [3.63, 3.8) is 0 Å². The Balaban J connectivity index is 2.31. The van der Waals surface area contributed by atoms with Gasteiger partial charge in [-0.2, -0.15) is 0 Å². The summed E-state index contributed by atoms with van der Waals surface area (Å²) in [7, 11) is 0. The molecule has 3 rings (SSSR count). The number of pyridine rings is 1. The van der Waals surface area contributed by atoms with Crippen molar-refractivity contribution in [3.8, 4) is 11.5 Å². The molecule has 0 bridgehead atoms. The smallest absolute Gasteiger partial charge is 0.190 e. The highest BCUT2D eigenvalue weighted by Crippen LogP contribution is 2.20. The molecular formula is C10H8N6. The summed E-state index contributed by atoms with van der Waals surface area (Å²) in [6, 6.07) is 5.33. The monoisotopic (exact) mass is 212 g/mol. The molecule has 0 saturated carbocycles. The summed E-state index contributed by atoms with van der Waals surface area (Å²) >= 11 is 0. The lowest BCUT2D eigenvalue weighted by molar-refractivity contribution is 1.06. The normalized spacial score (nSPS) is 10.8. The van der Waals surface area contributed by atoms with Crippen LogP contribution in [0.1, 0.15) is 0 Å². The number of nitrogens with zero attached hydrogens (tertiary/aromatic N) is 5. The molecule has 0 atom stereocenters. The van der Waals surface area contributed by atoms with Crippen LogP contribution in [0.5, 0.6) is 0 Å². The second-order valence-corrected chi connectivity index (χ2v) is 3.27. The van der Waals surface area contributed by atoms with Gasteiger partial charge in [-0.1, -0.05) is 0 Å². The number of nitrogen functional groups attached to an aromatic ring is 1. The quantitative estimate of drug-likeness (QED) is 0.644. The van der Waals surface area contributed by atoms with Crippen molar-refractivity contribution in [2.45, 2.75) is 0 Å². The van der Waals surface area contributed by atoms with Crippen LogP contribution in [0.2, 0.25) is 0 Å². The van der Waals surface area contributed by atoms with Crippen molar-refractivity contribution in [3.05, 3.63) is 36.9 Å². The summed E-state index contributed by atoms with van der Waals surface area (Å²) in [6.45, 7) is 0. The average Bonchev–Trinajstić information content (AvgIpc) is 2.74. The number of nitrogens with two attached hydrogens (primary N) is 1. The van der Waals surface area contributed by atoms with Crippen molar-refractivity contribution < 1.29 is 0 Å². The molecule has 3 aromatic heterocycles. The standard InChI is InChI=1S/C10H8N6/c11-7-2-1-4-13-9(7)10-15-14-8-3-5-12-6-16(8)10/h1-6H,11H2. The maximum absolute atomic E-state index is 5.84. The highest BCUT2D eigenvalue weighted by atomic mass is 15.3. The Morgan fingerprint density at radius 3 is 2.94 bits per heavy atom. The molecule has 0 spiro atoms. The van der Waals surface area contributed by atoms with Crippen LogP contribution in [0, 0.1) is 0 Å². The van der Waals surface area contributed by atoms with Crippen LogP contribution >= 0.6 is 0 Å². The largest absolute Gasteiger partial charge is 0.397 e. The summed E-state index contributed by atoms with van der Waals surface area (Å²) in [5.74, 6) is 0.598. The second kappa shape index (κ2) is 3.27. The number of anilines is 1. The maximum atomic E-state index is 5.84. The summed E-state index contributed by atoms with van der Waals surface area (Å²) in [4.78, 5) is 8.21. The van der Waals surface area contributed by atoms with Crippen molar-refractivity contribution in [1.29, 1.82) is 0 Å². The van der Waals surface area contributed by atoms with Crippen LogP contribution in [0.3, 0.4) is 0 Å². The van der Waals surface area contributed by atoms with E-state index < -0.39 is 0 Å². The molecule has 3 heterocycles. The van der Waals surface area contributed by atoms with Gasteiger partial charge in [-0.3, -0.25) is 9.38 Å². The predicted octanol–water partition coefficient (Wildman–Crippen LogP) is 0.768. The minimum absolute atomic E-state index is 0.570. The van der Waals surface area contributed by atoms with E-state index in [1.807, 2.05) is 0 Å². The van der Waals surface area contributed by atoms with E-state index >= 15 is 0 Å². The van der Waals surface area contributed by atoms with Crippen molar-refractivity contribution in [1.82, 2.24) is 24.6 Å². The summed E-state index contributed by atoms with van der Waals surface area (Å²) in [5, 5.41) is 8.07. The van der Waals surface area contributed by atoms with E-state index in [0.29, 0.717) is 17.2 Å². The average molecular weight is 212 g/mol. The number of hydrogen-bond donors (Lipinski definition) is 1. The fourth-order valence-corrected chi connectivity index (χ4v) is 1.51. The Labute approximate surface area is 90.8 Å². The van der Waals surface area contributed by atoms with E-state index in [2.05, 4.69) is 20.2 Å². The first-order valence-electron chi connectivity index (χ1n) is 4.72. The molecule has 0 aliphatic carbocycles. The maximum Gasteiger partial charge on any atom is 0.190 e. The van der Waals surface area contributed by atoms with Crippen molar-refractivity contribution in [2.24, 2.45) is 0 Å². The highest BCUT2D eigenvalue weighted by Gasteiger charge is 2.11. The van der Waals surface area contributed by atoms with Gasteiger partial charge in [-0.05, 0) is 12.1 Å². The Morgan fingerprint density at radius 2 is 2.06 bits per heavy atom. The van der Waals surface area contributed by atoms with E-state index in [9.17, 15) is 0 Å². The third kappa shape index (κ3) is 1.20. The summed E-state index contributed by atoms with van der Waals surface area (Å²) in [6.07, 6.45) is 4.97. The van der Waals surface area contributed by atoms with Gasteiger partial charge in [-0.25, -0.2) is 4.98 Å². The zero-order valence-corrected chi connectivity index (χ0v) is 8.28. The fourth-order valence-electron chi connectivity index (χ4n) is 1.51. The van der Waals surface area contributed by atoms with Gasteiger partial charge in [0.1, 0.15) is 12.0 Å². The first kappa shape index (κ1) is 8.78. The van der Waals surface area contributed by atoms with E-state index in [0.717, 1.165) is 5.65 Å². The predicted molar refractivity (Wildman–Crippen MR) is 58.4 cm³/mol. The van der Waals surface area contributed by atoms with Crippen molar-refractivity contribution in [2.75, 3.05) is 5.73 Å². The Bertz CT molecular complexity index is 644. The van der Waals surface area contributed by atoms with Gasteiger partial charge in [0.2, 0.25) is 0 Å². The molecule has 16 heavy (non-hydrogen) atoms. The lowest BCUT2D eigenvalue weighted by atomic mass is 10.3. The molecule has 0 aliphatic heterocycles. The van der Waals surface area contributed by atoms with Crippen LogP contribution < -0.4 is 5.73 Å². The van der Waals surface area contributed by atoms with Crippen LogP contribution in [-0.4, -0.2) is 24.6 Å². The van der Waals surface area contributed by atoms with E-state index in [1.165, 1.54) is 0 Å². The Morgan fingerprint density at radius 1 is 1.12 bits per heavy atom. The topological polar surface area (TPSA) is 82.0 Å². The molecule has 0 amide bonds. The van der Waals surface area contributed by atoms with Crippen LogP contribution in [-0.2, 0) is 0 Å². The molecule has 0 unspecified atom stereocenters. The molecule has 0 aliphatic rings. The van der Waals surface area contributed by atoms with Gasteiger partial charge in [0.25, 0.3) is 0 Å². The molecule has 78 valence electrons. The molecule has 0 radical (unpaired) electrons. The van der Waals surface area contributed by atoms with Gasteiger partial charge in [-0.15, -0.1) is 10.2 Å². The first-order valence-corrected chi connectivity index (χ1v) is 4.72. The van der Waals surface area contributed by atoms with Gasteiger partial charge < -0.3 is 5.73 Å². The van der Waals surface area contributed by atoms with Crippen LogP contribution in [0.4, 0.5) is 5.69 Å². The zero-order chi connectivity index (χ0) is 11.0. The summed E-state index contributed by atoms with van der Waals surface area (Å²) in [5.41, 5.74) is 7.74. The molecule has 0 fully saturated rings. The minimum atomic E-state index is 0.570. The SMILES string of the molecule is Nc1cccnc1-c1nnc2ccncn12. The van der Waals surface area contributed by atoms with Crippen LogP contribution in [0.15, 0.2) is 36.9 Å². The lowest BCUT2D eigenvalue weighted by Crippen LogP contribution is -1.97.